The number of carboxylic acids is 1. The lowest BCUT2D eigenvalue weighted by Gasteiger charge is -2.20. The average Bonchev–Trinajstić information content (AvgIpc) is 2.37. The second-order valence-corrected chi connectivity index (χ2v) is 5.66. The summed E-state index contributed by atoms with van der Waals surface area (Å²) >= 11 is 0. The van der Waals surface area contributed by atoms with E-state index >= 15 is 0 Å². The largest absolute Gasteiger partial charge is 0.481 e. The van der Waals surface area contributed by atoms with E-state index in [-0.39, 0.29) is 24.8 Å². The Morgan fingerprint density at radius 1 is 0.905 bits per heavy atom. The summed E-state index contributed by atoms with van der Waals surface area (Å²) in [6, 6.07) is -0.270. The van der Waals surface area contributed by atoms with Crippen LogP contribution in [0.3, 0.4) is 0 Å². The van der Waals surface area contributed by atoms with Crippen LogP contribution in [-0.2, 0) is 9.59 Å². The van der Waals surface area contributed by atoms with Crippen molar-refractivity contribution in [1.29, 1.82) is 0 Å². The Labute approximate surface area is 125 Å². The van der Waals surface area contributed by atoms with Crippen molar-refractivity contribution in [2.45, 2.75) is 76.7 Å². The average molecular weight is 298 g/mol. The van der Waals surface area contributed by atoms with E-state index in [1.54, 1.807) is 0 Å². The lowest BCUT2D eigenvalue weighted by molar-refractivity contribution is -0.137. The topological polar surface area (TPSA) is 95.5 Å². The van der Waals surface area contributed by atoms with E-state index in [9.17, 15) is 14.4 Å². The van der Waals surface area contributed by atoms with E-state index < -0.39 is 12.0 Å². The van der Waals surface area contributed by atoms with Gasteiger partial charge in [0, 0.05) is 18.9 Å². The van der Waals surface area contributed by atoms with Crippen molar-refractivity contribution in [2.24, 2.45) is 0 Å². The van der Waals surface area contributed by atoms with Crippen molar-refractivity contribution in [3.05, 3.63) is 0 Å². The molecule has 1 aliphatic carbocycles. The Hall–Kier alpha value is -1.59. The number of carbonyl (C=O) groups is 3. The Bertz CT molecular complexity index is 350. The van der Waals surface area contributed by atoms with Crippen molar-refractivity contribution in [3.63, 3.8) is 0 Å². The summed E-state index contributed by atoms with van der Waals surface area (Å²) in [4.78, 5) is 33.6. The molecule has 6 nitrogen and oxygen atoms in total. The molecule has 0 bridgehead atoms. The van der Waals surface area contributed by atoms with Crippen molar-refractivity contribution in [3.8, 4) is 0 Å². The fourth-order valence-corrected chi connectivity index (χ4v) is 2.57. The van der Waals surface area contributed by atoms with Gasteiger partial charge in [-0.1, -0.05) is 32.1 Å². The number of hydrogen-bond acceptors (Lipinski definition) is 3. The minimum atomic E-state index is -0.863. The van der Waals surface area contributed by atoms with Gasteiger partial charge >= 0.3 is 12.0 Å². The Morgan fingerprint density at radius 2 is 1.48 bits per heavy atom. The number of carbonyl (C=O) groups excluding carboxylic acids is 2. The van der Waals surface area contributed by atoms with Gasteiger partial charge < -0.3 is 10.4 Å². The molecule has 0 aliphatic heterocycles. The summed E-state index contributed by atoms with van der Waals surface area (Å²) < 4.78 is 0. The highest BCUT2D eigenvalue weighted by Crippen LogP contribution is 2.16. The van der Waals surface area contributed by atoms with Gasteiger partial charge in [0.15, 0.2) is 0 Å². The van der Waals surface area contributed by atoms with Crippen LogP contribution in [0, 0.1) is 0 Å². The second-order valence-electron chi connectivity index (χ2n) is 5.66. The van der Waals surface area contributed by atoms with Gasteiger partial charge in [-0.25, -0.2) is 4.79 Å². The lowest BCUT2D eigenvalue weighted by atomic mass is 9.97. The molecule has 21 heavy (non-hydrogen) atoms. The molecule has 0 radical (unpaired) electrons. The molecule has 0 aromatic carbocycles. The molecule has 3 N–H and O–H groups in total. The lowest BCUT2D eigenvalue weighted by Crippen LogP contribution is -2.44. The van der Waals surface area contributed by atoms with Crippen LogP contribution >= 0.6 is 0 Å². The Balaban J connectivity index is 2.16. The zero-order chi connectivity index (χ0) is 15.5. The molecule has 0 heterocycles. The number of aliphatic carboxylic acids is 1. The van der Waals surface area contributed by atoms with Crippen LogP contribution in [0.25, 0.3) is 0 Å². The maximum absolute atomic E-state index is 11.7. The standard InChI is InChI=1S/C15H26N2O4/c18-13(10-6-7-11-14(19)20)17-15(21)16-12-8-4-2-1-3-5-9-12/h12H,1-11H2,(H,19,20)(H2,16,17,18,21). The monoisotopic (exact) mass is 298 g/mol. The zero-order valence-corrected chi connectivity index (χ0v) is 12.5. The number of nitrogens with one attached hydrogen (secondary N) is 2. The molecule has 1 rings (SSSR count). The SMILES string of the molecule is O=C(O)CCCCC(=O)NC(=O)NC1CCCCCCC1. The molecule has 1 saturated carbocycles. The normalized spacial score (nSPS) is 16.6. The third kappa shape index (κ3) is 9.05. The molecule has 0 spiro atoms. The molecular formula is C15H26N2O4. The van der Waals surface area contributed by atoms with Crippen molar-refractivity contribution in [1.82, 2.24) is 10.6 Å². The highest BCUT2D eigenvalue weighted by Gasteiger charge is 2.15. The third-order valence-electron chi connectivity index (χ3n) is 3.74. The minimum absolute atomic E-state index is 0.0571. The van der Waals surface area contributed by atoms with E-state index in [2.05, 4.69) is 10.6 Å². The number of rotatable bonds is 6. The van der Waals surface area contributed by atoms with Crippen molar-refractivity contribution < 1.29 is 19.5 Å². The number of hydrogen-bond donors (Lipinski definition) is 3. The molecule has 0 saturated heterocycles. The Kier molecular flexibility index (Phi) is 8.47. The first-order valence-corrected chi connectivity index (χ1v) is 7.90. The predicted octanol–water partition coefficient (Wildman–Crippen LogP) is 2.57. The fourth-order valence-electron chi connectivity index (χ4n) is 2.57. The van der Waals surface area contributed by atoms with Crippen LogP contribution in [0.15, 0.2) is 0 Å². The molecular weight excluding hydrogens is 272 g/mol. The van der Waals surface area contributed by atoms with Crippen LogP contribution < -0.4 is 10.6 Å². The summed E-state index contributed by atoms with van der Waals surface area (Å²) in [5, 5.41) is 13.7. The predicted molar refractivity (Wildman–Crippen MR) is 78.9 cm³/mol. The molecule has 3 amide bonds. The molecule has 0 aromatic rings. The van der Waals surface area contributed by atoms with E-state index in [1.165, 1.54) is 19.3 Å². The summed E-state index contributed by atoms with van der Waals surface area (Å²) in [5.41, 5.74) is 0. The minimum Gasteiger partial charge on any atom is -0.481 e. The van der Waals surface area contributed by atoms with E-state index in [1.807, 2.05) is 0 Å². The van der Waals surface area contributed by atoms with Crippen LogP contribution in [-0.4, -0.2) is 29.1 Å². The van der Waals surface area contributed by atoms with Crippen LogP contribution in [0.4, 0.5) is 4.79 Å². The first kappa shape index (κ1) is 17.5. The van der Waals surface area contributed by atoms with Crippen LogP contribution in [0.1, 0.15) is 70.6 Å². The number of imide groups is 1. The molecule has 1 fully saturated rings. The first-order valence-electron chi connectivity index (χ1n) is 7.90. The van der Waals surface area contributed by atoms with Gasteiger partial charge in [0.05, 0.1) is 0 Å². The fraction of sp³-hybridized carbons (Fsp3) is 0.800. The smallest absolute Gasteiger partial charge is 0.321 e. The van der Waals surface area contributed by atoms with Gasteiger partial charge in [-0.15, -0.1) is 0 Å². The maximum Gasteiger partial charge on any atom is 0.321 e. The van der Waals surface area contributed by atoms with Gasteiger partial charge in [0.2, 0.25) is 5.91 Å². The maximum atomic E-state index is 11.7. The number of urea groups is 1. The first-order chi connectivity index (χ1) is 10.1. The number of carboxylic acid groups (broad SMARTS) is 1. The molecule has 120 valence electrons. The molecule has 6 heteroatoms. The van der Waals surface area contributed by atoms with E-state index in [0.29, 0.717) is 12.8 Å². The van der Waals surface area contributed by atoms with Gasteiger partial charge in [-0.3, -0.25) is 14.9 Å². The molecule has 1 aliphatic rings. The van der Waals surface area contributed by atoms with Gasteiger partial charge in [0.1, 0.15) is 0 Å². The quantitative estimate of drug-likeness (QED) is 0.657. The Morgan fingerprint density at radius 3 is 2.10 bits per heavy atom. The molecule has 0 atom stereocenters. The summed E-state index contributed by atoms with van der Waals surface area (Å²) in [5.74, 6) is -1.21. The summed E-state index contributed by atoms with van der Waals surface area (Å²) in [7, 11) is 0. The van der Waals surface area contributed by atoms with Gasteiger partial charge in [-0.2, -0.15) is 0 Å². The summed E-state index contributed by atoms with van der Waals surface area (Å²) in [6.07, 6.45) is 9.05. The molecule has 0 unspecified atom stereocenters. The van der Waals surface area contributed by atoms with Crippen molar-refractivity contribution in [2.75, 3.05) is 0 Å². The summed E-state index contributed by atoms with van der Waals surface area (Å²) in [6.45, 7) is 0. The van der Waals surface area contributed by atoms with Crippen LogP contribution in [0.5, 0.6) is 0 Å². The zero-order valence-electron chi connectivity index (χ0n) is 12.5. The highest BCUT2D eigenvalue weighted by molar-refractivity contribution is 5.94. The van der Waals surface area contributed by atoms with Crippen LogP contribution in [0.2, 0.25) is 0 Å². The van der Waals surface area contributed by atoms with E-state index in [0.717, 1.165) is 25.7 Å². The third-order valence-corrected chi connectivity index (χ3v) is 3.74. The number of amides is 3. The molecule has 0 aromatic heterocycles. The number of unbranched alkanes of at least 4 members (excludes halogenated alkanes) is 1. The van der Waals surface area contributed by atoms with Gasteiger partial charge in [-0.05, 0) is 25.7 Å². The second kappa shape index (κ2) is 10.2. The van der Waals surface area contributed by atoms with Crippen molar-refractivity contribution >= 4 is 17.9 Å². The van der Waals surface area contributed by atoms with Gasteiger partial charge in [0.25, 0.3) is 0 Å². The van der Waals surface area contributed by atoms with E-state index in [4.69, 9.17) is 5.11 Å². The highest BCUT2D eigenvalue weighted by atomic mass is 16.4.